The van der Waals surface area contributed by atoms with Gasteiger partial charge in [-0.2, -0.15) is 0 Å². The third-order valence-electron chi connectivity index (χ3n) is 3.02. The van der Waals surface area contributed by atoms with Gasteiger partial charge < -0.3 is 9.84 Å². The van der Waals surface area contributed by atoms with Crippen LogP contribution in [-0.4, -0.2) is 10.1 Å². The number of rotatable bonds is 3. The van der Waals surface area contributed by atoms with Crippen molar-refractivity contribution in [2.45, 2.75) is 27.4 Å². The number of aliphatic hydroxyl groups is 1. The molecule has 1 heterocycles. The number of benzene rings is 1. The molecule has 0 aliphatic rings. The summed E-state index contributed by atoms with van der Waals surface area (Å²) in [6, 6.07) is 5.72. The average Bonchev–Trinajstić information content (AvgIpc) is 2.37. The number of hydrogen-bond donors (Lipinski definition) is 1. The van der Waals surface area contributed by atoms with E-state index in [0.29, 0.717) is 16.5 Å². The smallest absolute Gasteiger partial charge is 0.238 e. The zero-order valence-corrected chi connectivity index (χ0v) is 12.0. The predicted molar refractivity (Wildman–Crippen MR) is 75.9 cm³/mol. The van der Waals surface area contributed by atoms with Crippen LogP contribution in [0.5, 0.6) is 11.6 Å². The van der Waals surface area contributed by atoms with E-state index in [1.165, 1.54) is 0 Å². The molecule has 0 bridgehead atoms. The second kappa shape index (κ2) is 5.59. The first-order valence-electron chi connectivity index (χ1n) is 6.02. The second-order valence-electron chi connectivity index (χ2n) is 4.60. The minimum absolute atomic E-state index is 0.0877. The molecule has 0 saturated heterocycles. The maximum atomic E-state index is 9.02. The molecule has 0 atom stereocenters. The molecular weight excluding hydrogens is 262 g/mol. The molecule has 2 rings (SSSR count). The number of ether oxygens (including phenoxy) is 1. The van der Waals surface area contributed by atoms with Crippen molar-refractivity contribution in [1.82, 2.24) is 4.98 Å². The molecule has 1 N–H and O–H groups in total. The number of aliphatic hydroxyl groups excluding tert-OH is 1. The van der Waals surface area contributed by atoms with Crippen LogP contribution in [0.15, 0.2) is 24.4 Å². The molecular formula is C15H16ClNO2. The molecule has 0 amide bonds. The van der Waals surface area contributed by atoms with Crippen LogP contribution in [0.3, 0.4) is 0 Å². The lowest BCUT2D eigenvalue weighted by Crippen LogP contribution is -1.95. The second-order valence-corrected chi connectivity index (χ2v) is 5.00. The number of aromatic nitrogens is 1. The summed E-state index contributed by atoms with van der Waals surface area (Å²) in [7, 11) is 0. The fraction of sp³-hybridized carbons (Fsp3) is 0.267. The van der Waals surface area contributed by atoms with Gasteiger partial charge in [0.25, 0.3) is 0 Å². The maximum Gasteiger partial charge on any atom is 0.238 e. The molecule has 0 unspecified atom stereocenters. The van der Waals surface area contributed by atoms with E-state index in [-0.39, 0.29) is 6.61 Å². The highest BCUT2D eigenvalue weighted by Crippen LogP contribution is 2.31. The summed E-state index contributed by atoms with van der Waals surface area (Å²) in [6.45, 7) is 5.97. The van der Waals surface area contributed by atoms with Crippen LogP contribution in [0.2, 0.25) is 5.02 Å². The fourth-order valence-electron chi connectivity index (χ4n) is 1.84. The van der Waals surface area contributed by atoms with Crippen molar-refractivity contribution < 1.29 is 9.84 Å². The molecule has 1 aromatic heterocycles. The highest BCUT2D eigenvalue weighted by atomic mass is 35.5. The van der Waals surface area contributed by atoms with Crippen molar-refractivity contribution in [2.75, 3.05) is 0 Å². The average molecular weight is 278 g/mol. The van der Waals surface area contributed by atoms with Crippen LogP contribution in [0.1, 0.15) is 22.3 Å². The van der Waals surface area contributed by atoms with E-state index in [0.717, 1.165) is 22.4 Å². The van der Waals surface area contributed by atoms with Crippen molar-refractivity contribution in [3.8, 4) is 11.6 Å². The number of pyridine rings is 1. The van der Waals surface area contributed by atoms with E-state index in [1.54, 1.807) is 12.3 Å². The van der Waals surface area contributed by atoms with Gasteiger partial charge in [0.15, 0.2) is 0 Å². The zero-order valence-electron chi connectivity index (χ0n) is 11.2. The van der Waals surface area contributed by atoms with Gasteiger partial charge in [0.1, 0.15) is 10.8 Å². The van der Waals surface area contributed by atoms with Crippen LogP contribution < -0.4 is 4.74 Å². The van der Waals surface area contributed by atoms with Gasteiger partial charge in [-0.3, -0.25) is 0 Å². The molecule has 0 aliphatic heterocycles. The summed E-state index contributed by atoms with van der Waals surface area (Å²) in [6.07, 6.45) is 1.55. The predicted octanol–water partition coefficient (Wildman–Crippen LogP) is 3.94. The normalized spacial score (nSPS) is 10.6. The molecule has 1 aromatic carbocycles. The minimum atomic E-state index is -0.0877. The van der Waals surface area contributed by atoms with Crippen molar-refractivity contribution in [2.24, 2.45) is 0 Å². The topological polar surface area (TPSA) is 42.4 Å². The summed E-state index contributed by atoms with van der Waals surface area (Å²) in [5.41, 5.74) is 4.02. The Morgan fingerprint density at radius 2 is 1.95 bits per heavy atom. The molecule has 0 spiro atoms. The number of aryl methyl sites for hydroxylation is 2. The maximum absolute atomic E-state index is 9.02. The Morgan fingerprint density at radius 3 is 2.58 bits per heavy atom. The highest BCUT2D eigenvalue weighted by Gasteiger charge is 2.10. The van der Waals surface area contributed by atoms with E-state index in [1.807, 2.05) is 26.8 Å². The van der Waals surface area contributed by atoms with Gasteiger partial charge >= 0.3 is 0 Å². The lowest BCUT2D eigenvalue weighted by molar-refractivity contribution is 0.281. The number of halogens is 1. The van der Waals surface area contributed by atoms with Crippen LogP contribution >= 0.6 is 11.6 Å². The van der Waals surface area contributed by atoms with E-state index in [2.05, 4.69) is 11.1 Å². The van der Waals surface area contributed by atoms with Crippen LogP contribution in [0.4, 0.5) is 0 Å². The van der Waals surface area contributed by atoms with Crippen molar-refractivity contribution in [3.05, 3.63) is 51.7 Å². The van der Waals surface area contributed by atoms with Gasteiger partial charge in [-0.1, -0.05) is 17.7 Å². The Labute approximate surface area is 117 Å². The van der Waals surface area contributed by atoms with Crippen LogP contribution in [0, 0.1) is 20.8 Å². The van der Waals surface area contributed by atoms with E-state index >= 15 is 0 Å². The van der Waals surface area contributed by atoms with E-state index in [9.17, 15) is 0 Å². The van der Waals surface area contributed by atoms with Gasteiger partial charge in [-0.25, -0.2) is 4.98 Å². The standard InChI is InChI=1S/C15H16ClNO2/c1-9-4-10(2)11(3)14(5-9)19-15-13(16)6-12(8-18)7-17-15/h4-7,18H,8H2,1-3H3. The molecule has 4 heteroatoms. The third-order valence-corrected chi connectivity index (χ3v) is 3.29. The lowest BCUT2D eigenvalue weighted by atomic mass is 10.1. The first kappa shape index (κ1) is 13.8. The van der Waals surface area contributed by atoms with Crippen molar-refractivity contribution in [3.63, 3.8) is 0 Å². The summed E-state index contributed by atoms with van der Waals surface area (Å²) in [5, 5.41) is 9.41. The van der Waals surface area contributed by atoms with Gasteiger partial charge in [0.2, 0.25) is 5.88 Å². The summed E-state index contributed by atoms with van der Waals surface area (Å²) in [4.78, 5) is 4.13. The van der Waals surface area contributed by atoms with Gasteiger partial charge in [-0.05, 0) is 55.2 Å². The van der Waals surface area contributed by atoms with E-state index < -0.39 is 0 Å². The molecule has 0 fully saturated rings. The minimum Gasteiger partial charge on any atom is -0.437 e. The zero-order chi connectivity index (χ0) is 14.0. The van der Waals surface area contributed by atoms with Crippen molar-refractivity contribution in [1.29, 1.82) is 0 Å². The van der Waals surface area contributed by atoms with Crippen LogP contribution in [0.25, 0.3) is 0 Å². The summed E-state index contributed by atoms with van der Waals surface area (Å²) < 4.78 is 5.78. The monoisotopic (exact) mass is 277 g/mol. The van der Waals surface area contributed by atoms with E-state index in [4.69, 9.17) is 21.4 Å². The largest absolute Gasteiger partial charge is 0.437 e. The third kappa shape index (κ3) is 3.06. The molecule has 2 aromatic rings. The summed E-state index contributed by atoms with van der Waals surface area (Å²) >= 11 is 6.09. The molecule has 0 saturated carbocycles. The lowest BCUT2D eigenvalue weighted by Gasteiger charge is -2.12. The number of hydrogen-bond acceptors (Lipinski definition) is 3. The molecule has 0 aliphatic carbocycles. The molecule has 19 heavy (non-hydrogen) atoms. The highest BCUT2D eigenvalue weighted by molar-refractivity contribution is 6.31. The fourth-order valence-corrected chi connectivity index (χ4v) is 2.07. The Balaban J connectivity index is 2.36. The quantitative estimate of drug-likeness (QED) is 0.924. The Hall–Kier alpha value is -1.58. The Morgan fingerprint density at radius 1 is 1.21 bits per heavy atom. The van der Waals surface area contributed by atoms with Crippen molar-refractivity contribution >= 4 is 11.6 Å². The first-order chi connectivity index (χ1) is 9.01. The molecule has 100 valence electrons. The van der Waals surface area contributed by atoms with Gasteiger partial charge in [-0.15, -0.1) is 0 Å². The molecule has 0 radical (unpaired) electrons. The number of nitrogens with zero attached hydrogens (tertiary/aromatic N) is 1. The van der Waals surface area contributed by atoms with Gasteiger partial charge in [0.05, 0.1) is 6.61 Å². The molecule has 3 nitrogen and oxygen atoms in total. The first-order valence-corrected chi connectivity index (χ1v) is 6.40. The summed E-state index contributed by atoms with van der Waals surface area (Å²) in [5.74, 6) is 1.11. The SMILES string of the molecule is Cc1cc(C)c(C)c(Oc2ncc(CO)cc2Cl)c1. The Bertz CT molecular complexity index is 611. The Kier molecular flexibility index (Phi) is 4.08. The van der Waals surface area contributed by atoms with Crippen LogP contribution in [-0.2, 0) is 6.61 Å². The van der Waals surface area contributed by atoms with Gasteiger partial charge in [0, 0.05) is 6.20 Å².